The van der Waals surface area contributed by atoms with E-state index in [0.717, 1.165) is 17.9 Å². The lowest BCUT2D eigenvalue weighted by Gasteiger charge is -2.28. The van der Waals surface area contributed by atoms with Gasteiger partial charge in [-0.3, -0.25) is 4.79 Å². The molecule has 1 aromatic carbocycles. The molecule has 148 valence electrons. The lowest BCUT2D eigenvalue weighted by Crippen LogP contribution is -2.41. The molecule has 7 heteroatoms. The van der Waals surface area contributed by atoms with E-state index in [2.05, 4.69) is 28.9 Å². The Kier molecular flexibility index (Phi) is 4.87. The zero-order valence-electron chi connectivity index (χ0n) is 16.2. The van der Waals surface area contributed by atoms with E-state index in [1.165, 1.54) is 5.56 Å². The van der Waals surface area contributed by atoms with Gasteiger partial charge in [-0.1, -0.05) is 18.2 Å². The molecule has 1 fully saturated rings. The number of benzene rings is 1. The van der Waals surface area contributed by atoms with E-state index < -0.39 is 9.84 Å². The molecule has 0 aliphatic carbocycles. The van der Waals surface area contributed by atoms with Crippen LogP contribution in [0.3, 0.4) is 0 Å². The van der Waals surface area contributed by atoms with Gasteiger partial charge in [0.25, 0.3) is 5.91 Å². The Balaban J connectivity index is 1.63. The summed E-state index contributed by atoms with van der Waals surface area (Å²) in [7, 11) is -3.04. The Morgan fingerprint density at radius 1 is 1.29 bits per heavy atom. The number of amides is 1. The summed E-state index contributed by atoms with van der Waals surface area (Å²) < 4.78 is 23.7. The first-order valence-corrected chi connectivity index (χ1v) is 11.6. The molecule has 1 amide bonds. The number of fused-ring (bicyclic) bond motifs is 1. The summed E-state index contributed by atoms with van der Waals surface area (Å²) in [6, 6.07) is 11.8. The van der Waals surface area contributed by atoms with Crippen molar-refractivity contribution >= 4 is 27.2 Å². The van der Waals surface area contributed by atoms with Gasteiger partial charge in [0.1, 0.15) is 5.82 Å². The molecule has 0 spiro atoms. The van der Waals surface area contributed by atoms with E-state index in [4.69, 9.17) is 0 Å². The number of para-hydroxylation sites is 1. The molecule has 0 saturated carbocycles. The van der Waals surface area contributed by atoms with Gasteiger partial charge in [0.15, 0.2) is 9.84 Å². The van der Waals surface area contributed by atoms with Gasteiger partial charge in [0, 0.05) is 36.1 Å². The molecule has 0 bridgehead atoms. The number of pyridine rings is 1. The molecule has 2 unspecified atom stereocenters. The Labute approximate surface area is 166 Å². The van der Waals surface area contributed by atoms with Crippen LogP contribution in [0.1, 0.15) is 36.2 Å². The molecule has 0 radical (unpaired) electrons. The number of carbonyl (C=O) groups excluding carboxylic acids is 1. The van der Waals surface area contributed by atoms with Crippen LogP contribution in [0.2, 0.25) is 0 Å². The summed E-state index contributed by atoms with van der Waals surface area (Å²) in [4.78, 5) is 21.5. The predicted molar refractivity (Wildman–Crippen MR) is 110 cm³/mol. The minimum atomic E-state index is -3.04. The summed E-state index contributed by atoms with van der Waals surface area (Å²) >= 11 is 0. The van der Waals surface area contributed by atoms with Crippen LogP contribution in [-0.4, -0.2) is 54.3 Å². The van der Waals surface area contributed by atoms with E-state index in [1.54, 1.807) is 17.2 Å². The fourth-order valence-corrected chi connectivity index (χ4v) is 6.08. The Bertz CT molecular complexity index is 1010. The van der Waals surface area contributed by atoms with E-state index in [0.29, 0.717) is 18.5 Å². The maximum Gasteiger partial charge on any atom is 0.254 e. The monoisotopic (exact) mass is 399 g/mol. The smallest absolute Gasteiger partial charge is 0.254 e. The third-order valence-corrected chi connectivity index (χ3v) is 7.45. The van der Waals surface area contributed by atoms with Gasteiger partial charge < -0.3 is 9.80 Å². The molecular weight excluding hydrogens is 374 g/mol. The fourth-order valence-electron chi connectivity index (χ4n) is 4.35. The van der Waals surface area contributed by atoms with Crippen LogP contribution in [0.5, 0.6) is 0 Å². The fraction of sp³-hybridized carbons (Fsp3) is 0.429. The van der Waals surface area contributed by atoms with Crippen LogP contribution in [0.25, 0.3) is 0 Å². The van der Waals surface area contributed by atoms with Gasteiger partial charge in [0.2, 0.25) is 0 Å². The van der Waals surface area contributed by atoms with Crippen LogP contribution >= 0.6 is 0 Å². The number of hydrogen-bond acceptors (Lipinski definition) is 5. The second-order valence-corrected chi connectivity index (χ2v) is 9.83. The number of rotatable bonds is 4. The highest BCUT2D eigenvalue weighted by molar-refractivity contribution is 7.91. The highest BCUT2D eigenvalue weighted by Gasteiger charge is 2.35. The summed E-state index contributed by atoms with van der Waals surface area (Å²) in [5.74, 6) is 0.832. The van der Waals surface area contributed by atoms with Gasteiger partial charge in [-0.05, 0) is 50.5 Å². The van der Waals surface area contributed by atoms with Crippen LogP contribution in [0, 0.1) is 0 Å². The predicted octanol–water partition coefficient (Wildman–Crippen LogP) is 2.81. The standard InChI is InChI=1S/C21H25N3O3S/c1-3-23(18-9-11-28(26,27)14-18)21(25)17-8-10-22-20(13-17)24-15(2)12-16-6-4-5-7-19(16)24/h4-8,10,13,15,18H,3,9,11-12,14H2,1-2H3. The van der Waals surface area contributed by atoms with Crippen LogP contribution in [0.4, 0.5) is 11.5 Å². The van der Waals surface area contributed by atoms with Crippen molar-refractivity contribution in [3.05, 3.63) is 53.7 Å². The summed E-state index contributed by atoms with van der Waals surface area (Å²) in [5, 5.41) is 0. The first kappa shape index (κ1) is 18.9. The number of carbonyl (C=O) groups is 1. The number of sulfone groups is 1. The van der Waals surface area contributed by atoms with Crippen LogP contribution in [0.15, 0.2) is 42.6 Å². The van der Waals surface area contributed by atoms with Gasteiger partial charge in [-0.2, -0.15) is 0 Å². The molecule has 3 heterocycles. The highest BCUT2D eigenvalue weighted by atomic mass is 32.2. The normalized spacial score (nSPS) is 22.9. The average molecular weight is 400 g/mol. The van der Waals surface area contributed by atoms with Crippen molar-refractivity contribution < 1.29 is 13.2 Å². The minimum Gasteiger partial charge on any atom is -0.335 e. The van der Waals surface area contributed by atoms with Gasteiger partial charge in [0.05, 0.1) is 11.5 Å². The van der Waals surface area contributed by atoms with E-state index in [9.17, 15) is 13.2 Å². The summed E-state index contributed by atoms with van der Waals surface area (Å²) in [5.41, 5.74) is 2.95. The Hall–Kier alpha value is -2.41. The lowest BCUT2D eigenvalue weighted by atomic mass is 10.1. The Morgan fingerprint density at radius 3 is 2.79 bits per heavy atom. The quantitative estimate of drug-likeness (QED) is 0.791. The Morgan fingerprint density at radius 2 is 2.07 bits per heavy atom. The minimum absolute atomic E-state index is 0.0566. The number of nitrogens with zero attached hydrogens (tertiary/aromatic N) is 3. The molecular formula is C21H25N3O3S. The van der Waals surface area contributed by atoms with Gasteiger partial charge in [-0.15, -0.1) is 0 Å². The van der Waals surface area contributed by atoms with Crippen LogP contribution in [-0.2, 0) is 16.3 Å². The molecule has 2 aliphatic rings. The van der Waals surface area contributed by atoms with Crippen LogP contribution < -0.4 is 4.90 Å². The molecule has 1 aromatic heterocycles. The zero-order valence-corrected chi connectivity index (χ0v) is 17.0. The van der Waals surface area contributed by atoms with E-state index in [1.807, 2.05) is 25.1 Å². The van der Waals surface area contributed by atoms with Crippen molar-refractivity contribution in [1.29, 1.82) is 0 Å². The molecule has 28 heavy (non-hydrogen) atoms. The number of aromatic nitrogens is 1. The summed E-state index contributed by atoms with van der Waals surface area (Å²) in [6.07, 6.45) is 3.11. The summed E-state index contributed by atoms with van der Waals surface area (Å²) in [6.45, 7) is 4.53. The molecule has 4 rings (SSSR count). The number of hydrogen-bond donors (Lipinski definition) is 0. The van der Waals surface area contributed by atoms with Gasteiger partial charge in [-0.25, -0.2) is 13.4 Å². The largest absolute Gasteiger partial charge is 0.335 e. The number of anilines is 2. The first-order valence-electron chi connectivity index (χ1n) is 9.74. The van der Waals surface area contributed by atoms with Crippen molar-refractivity contribution in [3.8, 4) is 0 Å². The zero-order chi connectivity index (χ0) is 19.9. The molecule has 0 N–H and O–H groups in total. The SMILES string of the molecule is CCN(C(=O)c1ccnc(N2c3ccccc3CC2C)c1)C1CCS(=O)(=O)C1. The highest BCUT2D eigenvalue weighted by Crippen LogP contribution is 2.37. The lowest BCUT2D eigenvalue weighted by molar-refractivity contribution is 0.0708. The third kappa shape index (κ3) is 3.39. The molecule has 2 atom stereocenters. The molecule has 1 saturated heterocycles. The second-order valence-electron chi connectivity index (χ2n) is 7.60. The first-order chi connectivity index (χ1) is 13.4. The molecule has 2 aromatic rings. The van der Waals surface area contributed by atoms with Crippen molar-refractivity contribution in [3.63, 3.8) is 0 Å². The van der Waals surface area contributed by atoms with Crippen molar-refractivity contribution in [2.75, 3.05) is 23.0 Å². The molecule has 6 nitrogen and oxygen atoms in total. The molecule has 2 aliphatic heterocycles. The maximum absolute atomic E-state index is 13.2. The van der Waals surface area contributed by atoms with Gasteiger partial charge >= 0.3 is 0 Å². The van der Waals surface area contributed by atoms with Crippen molar-refractivity contribution in [2.24, 2.45) is 0 Å². The topological polar surface area (TPSA) is 70.6 Å². The maximum atomic E-state index is 13.2. The van der Waals surface area contributed by atoms with E-state index >= 15 is 0 Å². The second kappa shape index (κ2) is 7.20. The third-order valence-electron chi connectivity index (χ3n) is 5.70. The van der Waals surface area contributed by atoms with Crippen molar-refractivity contribution in [2.45, 2.75) is 38.8 Å². The van der Waals surface area contributed by atoms with E-state index in [-0.39, 0.29) is 29.5 Å². The average Bonchev–Trinajstić information content (AvgIpc) is 3.20. The van der Waals surface area contributed by atoms with Crippen molar-refractivity contribution in [1.82, 2.24) is 9.88 Å².